The molecular weight excluding hydrogens is 374 g/mol. The third kappa shape index (κ3) is 6.17. The Hall–Kier alpha value is -3.80. The molecule has 1 amide bonds. The molecule has 0 spiro atoms. The van der Waals surface area contributed by atoms with E-state index in [-0.39, 0.29) is 23.3 Å². The second-order valence-corrected chi connectivity index (χ2v) is 5.36. The molecule has 0 saturated heterocycles. The number of nitrogens with zero attached hydrogens (tertiary/aromatic N) is 1. The molecule has 0 bridgehead atoms. The van der Waals surface area contributed by atoms with Crippen molar-refractivity contribution in [2.75, 3.05) is 11.9 Å². The summed E-state index contributed by atoms with van der Waals surface area (Å²) < 4.78 is 33.3. The lowest BCUT2D eigenvalue weighted by atomic mass is 10.1. The summed E-state index contributed by atoms with van der Waals surface area (Å²) in [6.45, 7) is -3.50. The molecule has 144 valence electrons. The lowest BCUT2D eigenvalue weighted by Crippen LogP contribution is -2.14. The smallest absolute Gasteiger partial charge is 0.387 e. The van der Waals surface area contributed by atoms with Gasteiger partial charge in [-0.1, -0.05) is 0 Å². The molecule has 0 heterocycles. The number of anilines is 1. The first kappa shape index (κ1) is 20.5. The van der Waals surface area contributed by atoms with E-state index >= 15 is 0 Å². The summed E-state index contributed by atoms with van der Waals surface area (Å²) in [5, 5.41) is 10.9. The van der Waals surface area contributed by atoms with Crippen LogP contribution < -0.4 is 10.1 Å². The molecule has 2 aromatic rings. The molecule has 0 unspecified atom stereocenters. The Morgan fingerprint density at radius 1 is 1.00 bits per heavy atom. The van der Waals surface area contributed by atoms with Crippen LogP contribution in [-0.2, 0) is 9.53 Å². The number of halogens is 2. The van der Waals surface area contributed by atoms with Crippen molar-refractivity contribution < 1.29 is 32.6 Å². The van der Waals surface area contributed by atoms with Crippen LogP contribution in [0.2, 0.25) is 0 Å². The molecule has 2 aromatic carbocycles. The van der Waals surface area contributed by atoms with Crippen molar-refractivity contribution in [3.63, 3.8) is 0 Å². The summed E-state index contributed by atoms with van der Waals surface area (Å²) in [5.74, 6) is -1.84. The summed E-state index contributed by atoms with van der Waals surface area (Å²) in [6, 6.07) is 12.4. The first-order valence-corrected chi connectivity index (χ1v) is 7.91. The summed E-state index contributed by atoms with van der Waals surface area (Å²) in [7, 11) is 0. The van der Waals surface area contributed by atoms with Gasteiger partial charge in [-0.15, -0.1) is 0 Å². The Morgan fingerprint density at radius 2 is 1.61 bits per heavy atom. The molecule has 0 radical (unpaired) electrons. The molecule has 0 aliphatic heterocycles. The van der Waals surface area contributed by atoms with Gasteiger partial charge in [0.15, 0.2) is 12.4 Å². The lowest BCUT2D eigenvalue weighted by Gasteiger charge is -2.07. The maximum atomic E-state index is 12.1. The van der Waals surface area contributed by atoms with Crippen LogP contribution in [0.4, 0.5) is 14.5 Å². The quantitative estimate of drug-likeness (QED) is 0.550. The zero-order valence-corrected chi connectivity index (χ0v) is 14.4. The molecule has 0 aromatic heterocycles. The monoisotopic (exact) mass is 388 g/mol. The van der Waals surface area contributed by atoms with Crippen LogP contribution >= 0.6 is 0 Å². The Kier molecular flexibility index (Phi) is 7.16. The fraction of sp³-hybridized carbons (Fsp3) is 0.158. The van der Waals surface area contributed by atoms with Crippen LogP contribution in [0.25, 0.3) is 0 Å². The first-order valence-electron chi connectivity index (χ1n) is 7.91. The Labute approximate surface area is 158 Å². The van der Waals surface area contributed by atoms with Crippen molar-refractivity contribution in [1.29, 1.82) is 5.26 Å². The molecular formula is C19H14F2N2O5. The number of ketones is 1. The zero-order valence-electron chi connectivity index (χ0n) is 14.4. The van der Waals surface area contributed by atoms with E-state index < -0.39 is 30.9 Å². The van der Waals surface area contributed by atoms with Gasteiger partial charge in [0.25, 0.3) is 0 Å². The normalized spacial score (nSPS) is 10.1. The molecule has 7 nitrogen and oxygen atoms in total. The summed E-state index contributed by atoms with van der Waals surface area (Å²) in [6.07, 6.45) is -0.291. The van der Waals surface area contributed by atoms with Gasteiger partial charge in [-0.05, 0) is 48.5 Å². The van der Waals surface area contributed by atoms with Gasteiger partial charge in [0.1, 0.15) is 12.2 Å². The number of nitriles is 1. The summed E-state index contributed by atoms with van der Waals surface area (Å²) in [5.41, 5.74) is 0.732. The van der Waals surface area contributed by atoms with Crippen LogP contribution in [0.1, 0.15) is 27.1 Å². The number of esters is 1. The fourth-order valence-electron chi connectivity index (χ4n) is 2.09. The molecule has 0 atom stereocenters. The van der Waals surface area contributed by atoms with Gasteiger partial charge < -0.3 is 14.8 Å². The van der Waals surface area contributed by atoms with Crippen LogP contribution in [0.3, 0.4) is 0 Å². The highest BCUT2D eigenvalue weighted by Gasteiger charge is 2.13. The van der Waals surface area contributed by atoms with E-state index in [2.05, 4.69) is 10.1 Å². The predicted octanol–water partition coefficient (Wildman–Crippen LogP) is 3.18. The van der Waals surface area contributed by atoms with E-state index in [1.54, 1.807) is 6.07 Å². The van der Waals surface area contributed by atoms with E-state index in [4.69, 9.17) is 10.00 Å². The summed E-state index contributed by atoms with van der Waals surface area (Å²) in [4.78, 5) is 35.3. The largest absolute Gasteiger partial charge is 0.454 e. The molecule has 0 aliphatic carbocycles. The Morgan fingerprint density at radius 3 is 2.18 bits per heavy atom. The number of rotatable bonds is 8. The predicted molar refractivity (Wildman–Crippen MR) is 93.0 cm³/mol. The van der Waals surface area contributed by atoms with Crippen LogP contribution in [0.15, 0.2) is 48.5 Å². The number of benzene rings is 2. The second kappa shape index (κ2) is 9.78. The molecule has 2 rings (SSSR count). The minimum Gasteiger partial charge on any atom is -0.454 e. The van der Waals surface area contributed by atoms with Crippen molar-refractivity contribution >= 4 is 23.3 Å². The Balaban J connectivity index is 1.88. The van der Waals surface area contributed by atoms with E-state index in [9.17, 15) is 23.2 Å². The number of alkyl halides is 2. The highest BCUT2D eigenvalue weighted by Crippen LogP contribution is 2.16. The van der Waals surface area contributed by atoms with E-state index in [0.717, 1.165) is 0 Å². The van der Waals surface area contributed by atoms with Gasteiger partial charge in [0.2, 0.25) is 5.91 Å². The number of Topliss-reactive ketones (excluding diaryl/α,β-unsaturated/α-hetero) is 1. The SMILES string of the molecule is N#CCC(=O)Nc1ccc(C(=O)OCC(=O)c2ccc(OC(F)F)cc2)cc1. The highest BCUT2D eigenvalue weighted by molar-refractivity contribution is 5.99. The number of ether oxygens (including phenoxy) is 2. The van der Waals surface area contributed by atoms with Gasteiger partial charge in [-0.25, -0.2) is 4.79 Å². The number of amides is 1. The van der Waals surface area contributed by atoms with Crippen molar-refractivity contribution in [2.45, 2.75) is 13.0 Å². The molecule has 0 fully saturated rings. The van der Waals surface area contributed by atoms with Gasteiger partial charge in [0.05, 0.1) is 11.6 Å². The van der Waals surface area contributed by atoms with Gasteiger partial charge in [-0.3, -0.25) is 9.59 Å². The molecule has 28 heavy (non-hydrogen) atoms. The first-order chi connectivity index (χ1) is 13.4. The van der Waals surface area contributed by atoms with E-state index in [1.807, 2.05) is 0 Å². The van der Waals surface area contributed by atoms with E-state index in [1.165, 1.54) is 48.5 Å². The number of nitrogens with one attached hydrogen (secondary N) is 1. The van der Waals surface area contributed by atoms with Crippen molar-refractivity contribution in [1.82, 2.24) is 0 Å². The average Bonchev–Trinajstić information content (AvgIpc) is 2.66. The lowest BCUT2D eigenvalue weighted by molar-refractivity contribution is -0.115. The minimum absolute atomic E-state index is 0.0921. The number of carbonyl (C=O) groups excluding carboxylic acids is 3. The molecule has 9 heteroatoms. The number of hydrogen-bond donors (Lipinski definition) is 1. The highest BCUT2D eigenvalue weighted by atomic mass is 19.3. The van der Waals surface area contributed by atoms with E-state index in [0.29, 0.717) is 5.69 Å². The van der Waals surface area contributed by atoms with Crippen LogP contribution in [0, 0.1) is 11.3 Å². The Bertz CT molecular complexity index is 890. The van der Waals surface area contributed by atoms with Gasteiger partial charge in [-0.2, -0.15) is 14.0 Å². The summed E-state index contributed by atoms with van der Waals surface area (Å²) >= 11 is 0. The van der Waals surface area contributed by atoms with Gasteiger partial charge >= 0.3 is 12.6 Å². The number of hydrogen-bond acceptors (Lipinski definition) is 6. The maximum absolute atomic E-state index is 12.1. The average molecular weight is 388 g/mol. The minimum atomic E-state index is -2.96. The topological polar surface area (TPSA) is 105 Å². The van der Waals surface area contributed by atoms with Crippen molar-refractivity contribution in [3.05, 3.63) is 59.7 Å². The fourth-order valence-corrected chi connectivity index (χ4v) is 2.09. The molecule has 0 aliphatic rings. The molecule has 1 N–H and O–H groups in total. The third-order valence-corrected chi connectivity index (χ3v) is 3.38. The zero-order chi connectivity index (χ0) is 20.5. The van der Waals surface area contributed by atoms with Crippen LogP contribution in [-0.4, -0.2) is 30.9 Å². The third-order valence-electron chi connectivity index (χ3n) is 3.38. The maximum Gasteiger partial charge on any atom is 0.387 e. The molecule has 0 saturated carbocycles. The van der Waals surface area contributed by atoms with Gasteiger partial charge in [0, 0.05) is 11.3 Å². The number of carbonyl (C=O) groups is 3. The van der Waals surface area contributed by atoms with Crippen molar-refractivity contribution in [3.8, 4) is 11.8 Å². The second-order valence-electron chi connectivity index (χ2n) is 5.36. The standard InChI is InChI=1S/C19H14F2N2O5/c20-19(21)28-15-7-3-12(4-8-15)16(24)11-27-18(26)13-1-5-14(6-2-13)23-17(25)9-10-22/h1-8,19H,9,11H2,(H,23,25). The van der Waals surface area contributed by atoms with Crippen molar-refractivity contribution in [2.24, 2.45) is 0 Å². The van der Waals surface area contributed by atoms with Crippen LogP contribution in [0.5, 0.6) is 5.75 Å².